The molecular formula is C21H27N3O2S. The number of hydrogen-bond acceptors (Lipinski definition) is 4. The van der Waals surface area contributed by atoms with Gasteiger partial charge in [-0.3, -0.25) is 4.90 Å². The molecule has 2 bridgehead atoms. The van der Waals surface area contributed by atoms with Gasteiger partial charge in [0, 0.05) is 41.3 Å². The Hall–Kier alpha value is -2.05. The summed E-state index contributed by atoms with van der Waals surface area (Å²) in [5, 5.41) is 8.29. The molecule has 27 heavy (non-hydrogen) atoms. The summed E-state index contributed by atoms with van der Waals surface area (Å²) >= 11 is 1.84. The highest BCUT2D eigenvalue weighted by molar-refractivity contribution is 7.09. The van der Waals surface area contributed by atoms with Gasteiger partial charge in [-0.15, -0.1) is 11.3 Å². The third-order valence-corrected chi connectivity index (χ3v) is 6.57. The molecule has 1 aromatic carbocycles. The van der Waals surface area contributed by atoms with Crippen molar-refractivity contribution in [3.63, 3.8) is 0 Å². The summed E-state index contributed by atoms with van der Waals surface area (Å²) in [5.74, 6) is 0.740. The average molecular weight is 386 g/mol. The Morgan fingerprint density at radius 3 is 2.74 bits per heavy atom. The van der Waals surface area contributed by atoms with Crippen molar-refractivity contribution in [1.82, 2.24) is 10.2 Å². The molecule has 144 valence electrons. The Bertz CT molecular complexity index is 751. The zero-order valence-electron chi connectivity index (χ0n) is 15.7. The number of rotatable bonds is 5. The van der Waals surface area contributed by atoms with Crippen LogP contribution in [0.25, 0.3) is 0 Å². The lowest BCUT2D eigenvalue weighted by Crippen LogP contribution is -2.56. The standard InChI is InChI=1S/C21H27N3O2S/c1-26-19-8-2-5-15(13-19)22-21(25)23-16-11-17-6-3-7-18(12-16)24(17)14-20-9-4-10-27-20/h2,4-5,8-10,13,16-18H,3,6-7,11-12,14H2,1H3,(H2,22,23,25)/t16?,17-,18+. The lowest BCUT2D eigenvalue weighted by Gasteiger charge is -2.48. The molecule has 2 saturated heterocycles. The van der Waals surface area contributed by atoms with Gasteiger partial charge in [-0.2, -0.15) is 0 Å². The third kappa shape index (κ3) is 4.45. The fourth-order valence-corrected chi connectivity index (χ4v) is 5.20. The SMILES string of the molecule is COc1cccc(NC(=O)NC2C[C@H]3CCC[C@@H](C2)N3Cc2cccs2)c1. The Labute approximate surface area is 164 Å². The maximum atomic E-state index is 12.5. The summed E-state index contributed by atoms with van der Waals surface area (Å²) in [5.41, 5.74) is 0.752. The van der Waals surface area contributed by atoms with E-state index in [1.165, 1.54) is 24.1 Å². The van der Waals surface area contributed by atoms with E-state index in [4.69, 9.17) is 4.74 Å². The highest BCUT2D eigenvalue weighted by Gasteiger charge is 2.38. The van der Waals surface area contributed by atoms with Crippen LogP contribution < -0.4 is 15.4 Å². The van der Waals surface area contributed by atoms with Gasteiger partial charge in [-0.25, -0.2) is 4.79 Å². The molecule has 2 aliphatic heterocycles. The van der Waals surface area contributed by atoms with E-state index in [0.29, 0.717) is 12.1 Å². The van der Waals surface area contributed by atoms with E-state index < -0.39 is 0 Å². The summed E-state index contributed by atoms with van der Waals surface area (Å²) in [6, 6.07) is 13.1. The quantitative estimate of drug-likeness (QED) is 0.799. The molecule has 0 spiro atoms. The maximum absolute atomic E-state index is 12.5. The number of fused-ring (bicyclic) bond motifs is 2. The third-order valence-electron chi connectivity index (χ3n) is 5.71. The fourth-order valence-electron chi connectivity index (χ4n) is 4.49. The molecule has 1 unspecified atom stereocenters. The van der Waals surface area contributed by atoms with Crippen molar-refractivity contribution in [2.24, 2.45) is 0 Å². The Kier molecular flexibility index (Phi) is 5.64. The predicted molar refractivity (Wildman–Crippen MR) is 109 cm³/mol. The Balaban J connectivity index is 1.34. The number of carbonyl (C=O) groups excluding carboxylic acids is 1. The van der Waals surface area contributed by atoms with Crippen molar-refractivity contribution in [3.8, 4) is 5.75 Å². The molecule has 5 nitrogen and oxygen atoms in total. The highest BCUT2D eigenvalue weighted by Crippen LogP contribution is 2.35. The smallest absolute Gasteiger partial charge is 0.319 e. The van der Waals surface area contributed by atoms with Gasteiger partial charge in [0.15, 0.2) is 0 Å². The summed E-state index contributed by atoms with van der Waals surface area (Å²) in [6.45, 7) is 1.05. The number of nitrogens with zero attached hydrogens (tertiary/aromatic N) is 1. The summed E-state index contributed by atoms with van der Waals surface area (Å²) in [6.07, 6.45) is 5.84. The van der Waals surface area contributed by atoms with E-state index in [9.17, 15) is 4.79 Å². The van der Waals surface area contributed by atoms with Crippen molar-refractivity contribution in [3.05, 3.63) is 46.7 Å². The lowest BCUT2D eigenvalue weighted by molar-refractivity contribution is 0.0208. The zero-order valence-corrected chi connectivity index (χ0v) is 16.5. The Morgan fingerprint density at radius 1 is 1.22 bits per heavy atom. The number of urea groups is 1. The second-order valence-electron chi connectivity index (χ2n) is 7.49. The van der Waals surface area contributed by atoms with Gasteiger partial charge in [0.1, 0.15) is 5.75 Å². The van der Waals surface area contributed by atoms with E-state index in [1.54, 1.807) is 7.11 Å². The zero-order chi connectivity index (χ0) is 18.6. The van der Waals surface area contributed by atoms with Crippen LogP contribution in [0.5, 0.6) is 5.75 Å². The van der Waals surface area contributed by atoms with Gasteiger partial charge in [-0.05, 0) is 49.3 Å². The number of ether oxygens (including phenoxy) is 1. The van der Waals surface area contributed by atoms with Crippen LogP contribution in [0.15, 0.2) is 41.8 Å². The van der Waals surface area contributed by atoms with Crippen LogP contribution in [0.2, 0.25) is 0 Å². The van der Waals surface area contributed by atoms with Crippen molar-refractivity contribution in [2.45, 2.75) is 56.8 Å². The number of amides is 2. The summed E-state index contributed by atoms with van der Waals surface area (Å²) in [7, 11) is 1.63. The number of carbonyl (C=O) groups is 1. The molecule has 2 N–H and O–H groups in total. The topological polar surface area (TPSA) is 53.6 Å². The van der Waals surface area contributed by atoms with E-state index in [-0.39, 0.29) is 12.1 Å². The van der Waals surface area contributed by atoms with Crippen LogP contribution in [0, 0.1) is 0 Å². The van der Waals surface area contributed by atoms with E-state index in [1.807, 2.05) is 35.6 Å². The van der Waals surface area contributed by atoms with Crippen LogP contribution >= 0.6 is 11.3 Å². The molecule has 3 heterocycles. The number of piperidine rings is 2. The number of benzene rings is 1. The minimum Gasteiger partial charge on any atom is -0.497 e. The van der Waals surface area contributed by atoms with Crippen molar-refractivity contribution in [1.29, 1.82) is 0 Å². The van der Waals surface area contributed by atoms with Crippen LogP contribution in [0.1, 0.15) is 37.0 Å². The van der Waals surface area contributed by atoms with Gasteiger partial charge in [-0.1, -0.05) is 18.6 Å². The molecule has 0 aliphatic carbocycles. The second-order valence-corrected chi connectivity index (χ2v) is 8.52. The molecule has 1 aromatic heterocycles. The first kappa shape index (κ1) is 18.3. The van der Waals surface area contributed by atoms with E-state index in [0.717, 1.165) is 30.8 Å². The molecule has 0 saturated carbocycles. The van der Waals surface area contributed by atoms with Gasteiger partial charge in [0.25, 0.3) is 0 Å². The molecule has 2 aromatic rings. The Morgan fingerprint density at radius 2 is 2.04 bits per heavy atom. The largest absolute Gasteiger partial charge is 0.497 e. The first-order valence-electron chi connectivity index (χ1n) is 9.71. The minimum absolute atomic E-state index is 0.127. The van der Waals surface area contributed by atoms with E-state index >= 15 is 0 Å². The van der Waals surface area contributed by atoms with Crippen molar-refractivity contribution >= 4 is 23.1 Å². The number of nitrogens with one attached hydrogen (secondary N) is 2. The monoisotopic (exact) mass is 385 g/mol. The van der Waals surface area contributed by atoms with Crippen molar-refractivity contribution in [2.75, 3.05) is 12.4 Å². The van der Waals surface area contributed by atoms with Gasteiger partial charge >= 0.3 is 6.03 Å². The number of thiophene rings is 1. The molecule has 6 heteroatoms. The normalized spacial score (nSPS) is 25.0. The molecule has 2 fully saturated rings. The van der Waals surface area contributed by atoms with E-state index in [2.05, 4.69) is 33.0 Å². The lowest BCUT2D eigenvalue weighted by atomic mass is 9.81. The number of anilines is 1. The first-order valence-corrected chi connectivity index (χ1v) is 10.6. The van der Waals surface area contributed by atoms with Crippen LogP contribution in [0.3, 0.4) is 0 Å². The fraction of sp³-hybridized carbons (Fsp3) is 0.476. The van der Waals surface area contributed by atoms with Crippen LogP contribution in [-0.4, -0.2) is 36.2 Å². The second kappa shape index (κ2) is 8.31. The average Bonchev–Trinajstić information content (AvgIpc) is 3.15. The minimum atomic E-state index is -0.127. The predicted octanol–water partition coefficient (Wildman–Crippen LogP) is 4.46. The summed E-state index contributed by atoms with van der Waals surface area (Å²) in [4.78, 5) is 16.6. The van der Waals surface area contributed by atoms with Gasteiger partial charge in [0.2, 0.25) is 0 Å². The highest BCUT2D eigenvalue weighted by atomic mass is 32.1. The summed E-state index contributed by atoms with van der Waals surface area (Å²) < 4.78 is 5.22. The molecular weight excluding hydrogens is 358 g/mol. The molecule has 4 rings (SSSR count). The maximum Gasteiger partial charge on any atom is 0.319 e. The number of hydrogen-bond donors (Lipinski definition) is 2. The number of methoxy groups -OCH3 is 1. The van der Waals surface area contributed by atoms with Crippen molar-refractivity contribution < 1.29 is 9.53 Å². The first-order chi connectivity index (χ1) is 13.2. The molecule has 2 aliphatic rings. The van der Waals surface area contributed by atoms with Gasteiger partial charge in [0.05, 0.1) is 7.11 Å². The van der Waals surface area contributed by atoms with Crippen LogP contribution in [-0.2, 0) is 6.54 Å². The van der Waals surface area contributed by atoms with Gasteiger partial charge < -0.3 is 15.4 Å². The molecule has 3 atom stereocenters. The molecule has 0 radical (unpaired) electrons. The van der Waals surface area contributed by atoms with Crippen LogP contribution in [0.4, 0.5) is 10.5 Å². The molecule has 2 amide bonds.